The Hall–Kier alpha value is -3.66. The molecule has 1 aromatic heterocycles. The third-order valence-corrected chi connectivity index (χ3v) is 5.11. The predicted molar refractivity (Wildman–Crippen MR) is 115 cm³/mol. The molecule has 0 saturated carbocycles. The number of aliphatic hydroxyl groups is 1. The van der Waals surface area contributed by atoms with Crippen molar-refractivity contribution in [2.75, 3.05) is 17.2 Å². The van der Waals surface area contributed by atoms with Crippen molar-refractivity contribution < 1.29 is 27.4 Å². The molecule has 6 nitrogen and oxygen atoms in total. The van der Waals surface area contributed by atoms with Crippen LogP contribution >= 0.6 is 0 Å². The molecule has 0 aliphatic carbocycles. The largest absolute Gasteiger partial charge is 0.489 e. The van der Waals surface area contributed by atoms with Gasteiger partial charge in [-0.1, -0.05) is 12.1 Å². The first-order chi connectivity index (χ1) is 15.7. The number of hydrogen-bond acceptors (Lipinski definition) is 6. The van der Waals surface area contributed by atoms with Gasteiger partial charge in [0.05, 0.1) is 18.5 Å². The summed E-state index contributed by atoms with van der Waals surface area (Å²) in [6.07, 6.45) is -2.46. The van der Waals surface area contributed by atoms with E-state index >= 15 is 0 Å². The fraction of sp³-hybridized carbons (Fsp3) is 0.217. The summed E-state index contributed by atoms with van der Waals surface area (Å²) in [6.45, 7) is 1.39. The van der Waals surface area contributed by atoms with Crippen LogP contribution in [0.25, 0.3) is 0 Å². The molecular formula is C23H20F4N4O2. The molecule has 3 N–H and O–H groups in total. The van der Waals surface area contributed by atoms with Crippen molar-refractivity contribution >= 4 is 17.2 Å². The summed E-state index contributed by atoms with van der Waals surface area (Å²) in [5.74, 6) is -1.81. The maximum absolute atomic E-state index is 13.7. The molecule has 0 amide bonds. The first-order valence-electron chi connectivity index (χ1n) is 10.0. The van der Waals surface area contributed by atoms with Gasteiger partial charge in [-0.25, -0.2) is 4.39 Å². The van der Waals surface area contributed by atoms with Crippen molar-refractivity contribution in [1.82, 2.24) is 10.2 Å². The van der Waals surface area contributed by atoms with Gasteiger partial charge in [0, 0.05) is 16.9 Å². The lowest BCUT2D eigenvalue weighted by molar-refractivity contribution is -0.139. The van der Waals surface area contributed by atoms with Gasteiger partial charge in [-0.15, -0.1) is 5.10 Å². The summed E-state index contributed by atoms with van der Waals surface area (Å²) in [5.41, 5.74) is 1.93. The summed E-state index contributed by atoms with van der Waals surface area (Å²) in [6, 6.07) is 11.1. The van der Waals surface area contributed by atoms with E-state index in [0.29, 0.717) is 17.0 Å². The van der Waals surface area contributed by atoms with Gasteiger partial charge in [0.1, 0.15) is 24.1 Å². The number of nitrogens with zero attached hydrogens (tertiary/aromatic N) is 2. The zero-order valence-corrected chi connectivity index (χ0v) is 17.4. The lowest BCUT2D eigenvalue weighted by Gasteiger charge is -2.28. The van der Waals surface area contributed by atoms with Crippen molar-refractivity contribution in [3.63, 3.8) is 0 Å². The van der Waals surface area contributed by atoms with Gasteiger partial charge < -0.3 is 20.5 Å². The lowest BCUT2D eigenvalue weighted by Crippen LogP contribution is -2.27. The zero-order valence-electron chi connectivity index (χ0n) is 17.4. The Bertz CT molecular complexity index is 1200. The monoisotopic (exact) mass is 460 g/mol. The van der Waals surface area contributed by atoms with Crippen molar-refractivity contribution in [1.29, 1.82) is 0 Å². The summed E-state index contributed by atoms with van der Waals surface area (Å²) >= 11 is 0. The molecule has 1 aliphatic heterocycles. The first kappa shape index (κ1) is 22.5. The Labute approximate surface area is 186 Å². The fourth-order valence-corrected chi connectivity index (χ4v) is 3.57. The maximum Gasteiger partial charge on any atom is 0.399 e. The number of rotatable bonds is 6. The van der Waals surface area contributed by atoms with Gasteiger partial charge in [-0.3, -0.25) is 0 Å². The number of aromatic nitrogens is 2. The van der Waals surface area contributed by atoms with Crippen LogP contribution in [-0.4, -0.2) is 28.1 Å². The quantitative estimate of drug-likeness (QED) is 0.439. The molecule has 3 aromatic rings. The SMILES string of the molecule is Cc1cc(Nc2nncc3c2C(C(F)(F)F)C=C(CO)N3)ccc1OCc1cccc(F)c1. The first-order valence-corrected chi connectivity index (χ1v) is 10.0. The topological polar surface area (TPSA) is 79.3 Å². The van der Waals surface area contributed by atoms with Crippen LogP contribution < -0.4 is 15.4 Å². The van der Waals surface area contributed by atoms with Crippen LogP contribution in [0, 0.1) is 12.7 Å². The van der Waals surface area contributed by atoms with Crippen LogP contribution in [0.5, 0.6) is 5.75 Å². The molecule has 2 heterocycles. The van der Waals surface area contributed by atoms with Gasteiger partial charge >= 0.3 is 6.18 Å². The van der Waals surface area contributed by atoms with Crippen LogP contribution in [-0.2, 0) is 6.61 Å². The molecule has 10 heteroatoms. The van der Waals surface area contributed by atoms with E-state index in [-0.39, 0.29) is 35.2 Å². The zero-order chi connectivity index (χ0) is 23.6. The van der Waals surface area contributed by atoms with Crippen LogP contribution in [0.4, 0.5) is 34.8 Å². The number of aryl methyl sites for hydroxylation is 1. The van der Waals surface area contributed by atoms with Crippen molar-refractivity contribution in [2.24, 2.45) is 0 Å². The van der Waals surface area contributed by atoms with Gasteiger partial charge in [-0.2, -0.15) is 18.3 Å². The van der Waals surface area contributed by atoms with E-state index in [1.165, 1.54) is 18.3 Å². The maximum atomic E-state index is 13.7. The average Bonchev–Trinajstić information content (AvgIpc) is 2.77. The van der Waals surface area contributed by atoms with Crippen LogP contribution in [0.3, 0.4) is 0 Å². The number of nitrogens with one attached hydrogen (secondary N) is 2. The second-order valence-corrected chi connectivity index (χ2v) is 7.54. The van der Waals surface area contributed by atoms with Crippen molar-refractivity contribution in [2.45, 2.75) is 25.6 Å². The molecular weight excluding hydrogens is 440 g/mol. The van der Waals surface area contributed by atoms with E-state index in [0.717, 1.165) is 11.6 Å². The number of aliphatic hydroxyl groups excluding tert-OH is 1. The normalized spacial score (nSPS) is 15.3. The van der Waals surface area contributed by atoms with Gasteiger partial charge in [0.15, 0.2) is 5.82 Å². The molecule has 33 heavy (non-hydrogen) atoms. The minimum atomic E-state index is -4.58. The molecule has 1 aliphatic rings. The third kappa shape index (κ3) is 5.06. The van der Waals surface area contributed by atoms with E-state index < -0.39 is 18.7 Å². The Balaban J connectivity index is 1.56. The molecule has 0 radical (unpaired) electrons. The second-order valence-electron chi connectivity index (χ2n) is 7.54. The number of hydrogen-bond donors (Lipinski definition) is 3. The Morgan fingerprint density at radius 2 is 2.00 bits per heavy atom. The molecule has 0 spiro atoms. The van der Waals surface area contributed by atoms with Gasteiger partial charge in [-0.05, 0) is 54.5 Å². The molecule has 1 unspecified atom stereocenters. The predicted octanol–water partition coefficient (Wildman–Crippen LogP) is 5.19. The molecule has 0 fully saturated rings. The summed E-state index contributed by atoms with van der Waals surface area (Å²) < 4.78 is 60.3. The highest BCUT2D eigenvalue weighted by molar-refractivity contribution is 5.72. The van der Waals surface area contributed by atoms with Crippen molar-refractivity contribution in [3.8, 4) is 5.75 Å². The van der Waals surface area contributed by atoms with Crippen LogP contribution in [0.1, 0.15) is 22.6 Å². The summed E-state index contributed by atoms with van der Waals surface area (Å²) in [4.78, 5) is 0. The van der Waals surface area contributed by atoms with Crippen LogP contribution in [0.15, 0.2) is 60.4 Å². The number of alkyl halides is 3. The molecule has 0 saturated heterocycles. The molecule has 2 aromatic carbocycles. The standard InChI is InChI=1S/C23H20F4N4O2/c1-13-7-16(5-6-20(13)33-12-14-3-2-4-15(24)8-14)30-22-21-18(23(25,26)27)9-17(11-32)29-19(21)10-28-31-22/h2-10,18,29,32H,11-12H2,1H3,(H,30,31). The van der Waals surface area contributed by atoms with E-state index in [1.807, 2.05) is 0 Å². The van der Waals surface area contributed by atoms with Crippen molar-refractivity contribution in [3.05, 3.63) is 82.9 Å². The number of fused-ring (bicyclic) bond motifs is 1. The lowest BCUT2D eigenvalue weighted by atomic mass is 9.93. The second kappa shape index (κ2) is 9.07. The molecule has 4 rings (SSSR count). The summed E-state index contributed by atoms with van der Waals surface area (Å²) in [5, 5.41) is 22.6. The molecule has 0 bridgehead atoms. The van der Waals surface area contributed by atoms with Crippen LogP contribution in [0.2, 0.25) is 0 Å². The van der Waals surface area contributed by atoms with Gasteiger partial charge in [0.2, 0.25) is 0 Å². The highest BCUT2D eigenvalue weighted by Crippen LogP contribution is 2.45. The van der Waals surface area contributed by atoms with E-state index in [4.69, 9.17) is 4.74 Å². The number of allylic oxidation sites excluding steroid dienone is 1. The molecule has 1 atom stereocenters. The Morgan fingerprint density at radius 1 is 1.18 bits per heavy atom. The highest BCUT2D eigenvalue weighted by Gasteiger charge is 2.44. The van der Waals surface area contributed by atoms with Gasteiger partial charge in [0.25, 0.3) is 0 Å². The minimum absolute atomic E-state index is 0.0411. The Morgan fingerprint density at radius 3 is 2.70 bits per heavy atom. The van der Waals surface area contributed by atoms with E-state index in [9.17, 15) is 22.7 Å². The number of benzene rings is 2. The number of ether oxygens (including phenoxy) is 1. The third-order valence-electron chi connectivity index (χ3n) is 5.11. The number of halogens is 4. The number of anilines is 3. The highest BCUT2D eigenvalue weighted by atomic mass is 19.4. The fourth-order valence-electron chi connectivity index (χ4n) is 3.57. The van der Waals surface area contributed by atoms with E-state index in [1.54, 1.807) is 37.3 Å². The smallest absolute Gasteiger partial charge is 0.399 e. The average molecular weight is 460 g/mol. The van der Waals surface area contributed by atoms with E-state index in [2.05, 4.69) is 20.8 Å². The Kier molecular flexibility index (Phi) is 6.19. The minimum Gasteiger partial charge on any atom is -0.489 e. The molecule has 172 valence electrons. The summed E-state index contributed by atoms with van der Waals surface area (Å²) in [7, 11) is 0.